The fraction of sp³-hybridized carbons (Fsp3) is 0.692. The molecule has 0 aliphatic carbocycles. The van der Waals surface area contributed by atoms with Gasteiger partial charge in [-0.3, -0.25) is 29.8 Å². The van der Waals surface area contributed by atoms with Gasteiger partial charge in [0.1, 0.15) is 11.8 Å². The summed E-state index contributed by atoms with van der Waals surface area (Å²) >= 11 is 0. The molecule has 13 nitrogen and oxygen atoms in total. The summed E-state index contributed by atoms with van der Waals surface area (Å²) in [5, 5.41) is 0.518. The van der Waals surface area contributed by atoms with Gasteiger partial charge < -0.3 is 10.6 Å². The Balaban J connectivity index is 1.85. The van der Waals surface area contributed by atoms with Crippen LogP contribution in [0.15, 0.2) is 0 Å². The average Bonchev–Trinajstić information content (AvgIpc) is 2.82. The van der Waals surface area contributed by atoms with E-state index in [0.717, 1.165) is 4.90 Å². The number of carbonyl (C=O) groups excluding carboxylic acids is 4. The largest absolute Gasteiger partial charge is 0.418 e. The van der Waals surface area contributed by atoms with Gasteiger partial charge in [0.2, 0.25) is 5.91 Å². The van der Waals surface area contributed by atoms with E-state index < -0.39 is 40.3 Å². The molecule has 27 heavy (non-hydrogen) atoms. The van der Waals surface area contributed by atoms with Crippen molar-refractivity contribution in [2.45, 2.75) is 44.2 Å². The lowest BCUT2D eigenvalue weighted by molar-refractivity contribution is -0.132. The lowest BCUT2D eigenvalue weighted by Gasteiger charge is -2.29. The molecule has 0 aromatic carbocycles. The molecule has 0 spiro atoms. The monoisotopic (exact) mass is 407 g/mol. The summed E-state index contributed by atoms with van der Waals surface area (Å²) in [5.74, 6) is -1.41. The number of nitrogens with zero attached hydrogens (tertiary/aromatic N) is 2. The first-order chi connectivity index (χ1) is 12.6. The van der Waals surface area contributed by atoms with E-state index in [2.05, 4.69) is 15.1 Å². The summed E-state index contributed by atoms with van der Waals surface area (Å²) < 4.78 is 34.6. The molecule has 2 saturated heterocycles. The number of hydrazine groups is 1. The van der Waals surface area contributed by atoms with Crippen molar-refractivity contribution in [1.82, 2.24) is 20.8 Å². The normalized spacial score (nSPS) is 21.9. The van der Waals surface area contributed by atoms with Crippen molar-refractivity contribution in [3.8, 4) is 0 Å². The molecule has 0 saturated carbocycles. The standard InChI is InChI=1S/C13H21N5O8S/c14-6-5-9(19)2-4-11(20)15-16-12(21)10-3-1-8-7-17(10)13(22)18(8)26-27(23,24)25/h8,10H,1-7,14H2,(H,15,20)(H,16,21)(H,23,24,25)/t8-,10-/m1/s1. The fourth-order valence-electron chi connectivity index (χ4n) is 2.92. The number of nitrogens with one attached hydrogen (secondary N) is 2. The van der Waals surface area contributed by atoms with Gasteiger partial charge in [-0.15, -0.1) is 4.28 Å². The lowest BCUT2D eigenvalue weighted by Crippen LogP contribution is -2.54. The summed E-state index contributed by atoms with van der Waals surface area (Å²) in [5.41, 5.74) is 9.57. The molecule has 0 unspecified atom stereocenters. The second-order valence-corrected chi connectivity index (χ2v) is 7.13. The molecule has 2 rings (SSSR count). The van der Waals surface area contributed by atoms with E-state index in [-0.39, 0.29) is 51.0 Å². The molecule has 5 N–H and O–H groups in total. The Morgan fingerprint density at radius 3 is 2.52 bits per heavy atom. The molecule has 0 radical (unpaired) electrons. The number of rotatable bonds is 8. The second kappa shape index (κ2) is 8.60. The van der Waals surface area contributed by atoms with Crippen LogP contribution in [0.2, 0.25) is 0 Å². The van der Waals surface area contributed by atoms with E-state index in [1.807, 2.05) is 0 Å². The summed E-state index contributed by atoms with van der Waals surface area (Å²) in [6.45, 7) is 0.232. The first kappa shape index (κ1) is 21.0. The summed E-state index contributed by atoms with van der Waals surface area (Å²) in [6.07, 6.45) is 0.513. The van der Waals surface area contributed by atoms with E-state index in [1.54, 1.807) is 0 Å². The van der Waals surface area contributed by atoms with E-state index in [4.69, 9.17) is 10.3 Å². The van der Waals surface area contributed by atoms with Gasteiger partial charge in [-0.05, 0) is 19.4 Å². The van der Waals surface area contributed by atoms with Crippen LogP contribution < -0.4 is 16.6 Å². The van der Waals surface area contributed by atoms with Crippen LogP contribution in [0.1, 0.15) is 32.1 Å². The highest BCUT2D eigenvalue weighted by molar-refractivity contribution is 7.80. The fourth-order valence-corrected chi connectivity index (χ4v) is 3.31. The predicted molar refractivity (Wildman–Crippen MR) is 87.6 cm³/mol. The topological polar surface area (TPSA) is 188 Å². The van der Waals surface area contributed by atoms with Crippen LogP contribution in [-0.2, 0) is 29.1 Å². The highest BCUT2D eigenvalue weighted by atomic mass is 32.3. The molecule has 4 amide bonds. The average molecular weight is 407 g/mol. The number of hydrogen-bond donors (Lipinski definition) is 4. The highest BCUT2D eigenvalue weighted by Crippen LogP contribution is 2.30. The number of carbonyl (C=O) groups is 4. The first-order valence-corrected chi connectivity index (χ1v) is 9.56. The minimum atomic E-state index is -4.87. The van der Waals surface area contributed by atoms with Crippen molar-refractivity contribution in [1.29, 1.82) is 0 Å². The third kappa shape index (κ3) is 5.59. The molecule has 14 heteroatoms. The number of amides is 4. The SMILES string of the molecule is NCCC(=O)CCC(=O)NNC(=O)[C@H]1CC[C@@H]2CN1C(=O)N2OS(=O)(=O)O. The maximum Gasteiger partial charge on any atom is 0.418 e. The summed E-state index contributed by atoms with van der Waals surface area (Å²) in [6, 6.07) is -2.44. The van der Waals surface area contributed by atoms with E-state index >= 15 is 0 Å². The molecular weight excluding hydrogens is 386 g/mol. The van der Waals surface area contributed by atoms with Crippen LogP contribution in [0.4, 0.5) is 4.79 Å². The van der Waals surface area contributed by atoms with E-state index in [9.17, 15) is 27.6 Å². The van der Waals surface area contributed by atoms with E-state index in [0.29, 0.717) is 5.06 Å². The maximum atomic E-state index is 12.2. The molecule has 2 aliphatic heterocycles. The zero-order chi connectivity index (χ0) is 20.2. The van der Waals surface area contributed by atoms with Crippen LogP contribution in [-0.4, -0.2) is 71.7 Å². The highest BCUT2D eigenvalue weighted by Gasteiger charge is 2.49. The van der Waals surface area contributed by atoms with Crippen LogP contribution in [0.25, 0.3) is 0 Å². The number of hydroxylamine groups is 2. The number of nitrogens with two attached hydrogens (primary N) is 1. The van der Waals surface area contributed by atoms with Gasteiger partial charge in [-0.1, -0.05) is 0 Å². The minimum Gasteiger partial charge on any atom is -0.330 e. The number of urea groups is 1. The van der Waals surface area contributed by atoms with Gasteiger partial charge in [0.25, 0.3) is 5.91 Å². The zero-order valence-electron chi connectivity index (χ0n) is 14.3. The number of fused-ring (bicyclic) bond motifs is 2. The van der Waals surface area contributed by atoms with Crippen LogP contribution in [0, 0.1) is 0 Å². The molecule has 0 aromatic heterocycles. The minimum absolute atomic E-state index is 0.00342. The number of Topliss-reactive ketones (excluding diaryl/α,β-unsaturated/α-hetero) is 1. The third-order valence-electron chi connectivity index (χ3n) is 4.18. The van der Waals surface area contributed by atoms with Crippen LogP contribution in [0.5, 0.6) is 0 Å². The van der Waals surface area contributed by atoms with Crippen molar-refractivity contribution in [2.75, 3.05) is 13.1 Å². The number of hydrogen-bond acceptors (Lipinski definition) is 8. The third-order valence-corrected chi connectivity index (χ3v) is 4.53. The molecular formula is C13H21N5O8S. The molecule has 2 atom stereocenters. The molecule has 2 fully saturated rings. The number of ketones is 1. The van der Waals surface area contributed by atoms with Crippen molar-refractivity contribution >= 4 is 34.0 Å². The quantitative estimate of drug-likeness (QED) is 0.256. The molecule has 2 aliphatic rings. The Bertz CT molecular complexity index is 726. The Morgan fingerprint density at radius 1 is 1.19 bits per heavy atom. The van der Waals surface area contributed by atoms with Gasteiger partial charge >= 0.3 is 16.4 Å². The van der Waals surface area contributed by atoms with Crippen LogP contribution >= 0.6 is 0 Å². The maximum absolute atomic E-state index is 12.2. The Kier molecular flexibility index (Phi) is 6.69. The van der Waals surface area contributed by atoms with Crippen molar-refractivity contribution in [2.24, 2.45) is 5.73 Å². The van der Waals surface area contributed by atoms with Gasteiger partial charge in [0.05, 0.1) is 6.04 Å². The molecule has 0 aromatic rings. The molecule has 2 bridgehead atoms. The first-order valence-electron chi connectivity index (χ1n) is 8.19. The van der Waals surface area contributed by atoms with Crippen LogP contribution in [0.3, 0.4) is 0 Å². The van der Waals surface area contributed by atoms with Gasteiger partial charge in [0, 0.05) is 25.8 Å². The van der Waals surface area contributed by atoms with E-state index in [1.165, 1.54) is 0 Å². The van der Waals surface area contributed by atoms with Gasteiger partial charge in [0.15, 0.2) is 0 Å². The molecule has 2 heterocycles. The second-order valence-electron chi connectivity index (χ2n) is 6.12. The summed E-state index contributed by atoms with van der Waals surface area (Å²) in [4.78, 5) is 48.5. The van der Waals surface area contributed by atoms with Gasteiger partial charge in [-0.25, -0.2) is 4.79 Å². The predicted octanol–water partition coefficient (Wildman–Crippen LogP) is -2.17. The Labute approximate surface area is 155 Å². The van der Waals surface area contributed by atoms with Crippen molar-refractivity contribution < 1.29 is 36.4 Å². The summed E-state index contributed by atoms with van der Waals surface area (Å²) in [7, 11) is -4.87. The van der Waals surface area contributed by atoms with Crippen molar-refractivity contribution in [3.63, 3.8) is 0 Å². The van der Waals surface area contributed by atoms with Crippen molar-refractivity contribution in [3.05, 3.63) is 0 Å². The zero-order valence-corrected chi connectivity index (χ0v) is 15.1. The lowest BCUT2D eigenvalue weighted by atomic mass is 10.0. The Morgan fingerprint density at radius 2 is 1.89 bits per heavy atom. The Hall–Kier alpha value is -2.29. The smallest absolute Gasteiger partial charge is 0.330 e. The van der Waals surface area contributed by atoms with Gasteiger partial charge in [-0.2, -0.15) is 13.5 Å². The molecule has 152 valence electrons. The number of piperidine rings is 1.